The van der Waals surface area contributed by atoms with Crippen molar-refractivity contribution in [1.29, 1.82) is 0 Å². The maximum Gasteiger partial charge on any atom is 0.268 e. The van der Waals surface area contributed by atoms with Gasteiger partial charge in [0.05, 0.1) is 24.9 Å². The Labute approximate surface area is 249 Å². The number of phosphoric ester groups is 1. The third kappa shape index (κ3) is 6.40. The number of phosphoric acid groups is 1. The zero-order valence-electron chi connectivity index (χ0n) is 26.5. The molecule has 238 valence electrons. The first-order valence-electron chi connectivity index (χ1n) is 16.9. The molecule has 5 aliphatic rings. The second-order valence-corrected chi connectivity index (χ2v) is 17.1. The van der Waals surface area contributed by atoms with Crippen LogP contribution in [0.25, 0.3) is 0 Å². The van der Waals surface area contributed by atoms with Gasteiger partial charge in [-0.3, -0.25) is 4.57 Å². The maximum atomic E-state index is 12.7. The van der Waals surface area contributed by atoms with E-state index in [0.29, 0.717) is 47.3 Å². The van der Waals surface area contributed by atoms with Gasteiger partial charge in [0.25, 0.3) is 7.82 Å². The third-order valence-electron chi connectivity index (χ3n) is 13.0. The quantitative estimate of drug-likeness (QED) is 0.219. The molecule has 0 aromatic carbocycles. The molecule has 8 heteroatoms. The van der Waals surface area contributed by atoms with E-state index in [4.69, 9.17) is 13.8 Å². The number of aliphatic hydroxyl groups excluding tert-OH is 2. The molecule has 2 unspecified atom stereocenters. The summed E-state index contributed by atoms with van der Waals surface area (Å²) >= 11 is 0. The number of ether oxygens (including phenoxy) is 1. The van der Waals surface area contributed by atoms with Crippen molar-refractivity contribution < 1.29 is 33.5 Å². The van der Waals surface area contributed by atoms with Gasteiger partial charge < -0.3 is 28.9 Å². The summed E-state index contributed by atoms with van der Waals surface area (Å²) in [6.07, 6.45) is 10.4. The Kier molecular flexibility index (Phi) is 9.80. The van der Waals surface area contributed by atoms with Gasteiger partial charge in [-0.2, -0.15) is 0 Å². The molecule has 4 saturated carbocycles. The molecule has 5 fully saturated rings. The topological polar surface area (TPSA) is 108 Å². The summed E-state index contributed by atoms with van der Waals surface area (Å²) in [6, 6.07) is 0. The molecule has 41 heavy (non-hydrogen) atoms. The summed E-state index contributed by atoms with van der Waals surface area (Å²) in [5.41, 5.74) is 0.781. The molecule has 4 aliphatic carbocycles. The molecule has 0 amide bonds. The molecule has 1 aliphatic heterocycles. The molecule has 1 heterocycles. The van der Waals surface area contributed by atoms with E-state index in [9.17, 15) is 19.7 Å². The van der Waals surface area contributed by atoms with Crippen LogP contribution < -0.4 is 4.89 Å². The van der Waals surface area contributed by atoms with Crippen molar-refractivity contribution in [3.63, 3.8) is 0 Å². The van der Waals surface area contributed by atoms with Crippen LogP contribution in [-0.4, -0.2) is 47.3 Å². The van der Waals surface area contributed by atoms with Crippen LogP contribution in [0.4, 0.5) is 0 Å². The second kappa shape index (κ2) is 12.4. The van der Waals surface area contributed by atoms with Crippen LogP contribution in [0, 0.1) is 52.3 Å². The van der Waals surface area contributed by atoms with Gasteiger partial charge >= 0.3 is 0 Å². The lowest BCUT2D eigenvalue weighted by Gasteiger charge is -2.61. The SMILES string of the molecule is CC(C)C[C@H]1O[C@@H](C)[C@H](O)[C@@H]1OP(=O)([O-])OCCC[C@@H](C)[C@H]1CC[C@H]2[C@@H]3CCC4C[C@H](O)CC[C@]4(C)[C@H]3CC[C@]12C. The Morgan fingerprint density at radius 1 is 1.00 bits per heavy atom. The molecule has 14 atom stereocenters. The average molecular weight is 598 g/mol. The van der Waals surface area contributed by atoms with Crippen molar-refractivity contribution in [2.45, 2.75) is 149 Å². The number of hydrogen-bond acceptors (Lipinski definition) is 7. The van der Waals surface area contributed by atoms with Gasteiger partial charge in [0, 0.05) is 0 Å². The average Bonchev–Trinajstić information content (AvgIpc) is 3.37. The van der Waals surface area contributed by atoms with Gasteiger partial charge in [0.2, 0.25) is 0 Å². The highest BCUT2D eigenvalue weighted by atomic mass is 31.2. The van der Waals surface area contributed by atoms with E-state index in [1.165, 1.54) is 44.9 Å². The minimum atomic E-state index is -4.55. The highest BCUT2D eigenvalue weighted by molar-refractivity contribution is 7.45. The number of hydrogen-bond donors (Lipinski definition) is 2. The number of rotatable bonds is 10. The first kappa shape index (κ1) is 32.4. The molecular weight excluding hydrogens is 539 g/mol. The lowest BCUT2D eigenvalue weighted by Crippen LogP contribution is -2.54. The summed E-state index contributed by atoms with van der Waals surface area (Å²) in [4.78, 5) is 12.7. The van der Waals surface area contributed by atoms with Crippen molar-refractivity contribution in [3.8, 4) is 0 Å². The maximum absolute atomic E-state index is 12.7. The van der Waals surface area contributed by atoms with Crippen LogP contribution in [-0.2, 0) is 18.3 Å². The van der Waals surface area contributed by atoms with Gasteiger partial charge in [-0.15, -0.1) is 0 Å². The van der Waals surface area contributed by atoms with E-state index in [1.807, 2.05) is 13.8 Å². The van der Waals surface area contributed by atoms with Gasteiger partial charge in [-0.05, 0) is 136 Å². The van der Waals surface area contributed by atoms with Crippen LogP contribution in [0.5, 0.6) is 0 Å². The fourth-order valence-electron chi connectivity index (χ4n) is 10.9. The summed E-state index contributed by atoms with van der Waals surface area (Å²) in [5, 5.41) is 20.8. The highest BCUT2D eigenvalue weighted by Gasteiger charge is 2.60. The number of aliphatic hydroxyl groups is 2. The van der Waals surface area contributed by atoms with E-state index in [0.717, 1.165) is 37.0 Å². The predicted octanol–water partition coefficient (Wildman–Crippen LogP) is 6.49. The molecule has 2 N–H and O–H groups in total. The minimum absolute atomic E-state index is 0.0879. The molecule has 5 rings (SSSR count). The fraction of sp³-hybridized carbons (Fsp3) is 1.00. The number of fused-ring (bicyclic) bond motifs is 5. The Balaban J connectivity index is 1.12. The molecule has 1 saturated heterocycles. The van der Waals surface area contributed by atoms with Gasteiger partial charge in [-0.1, -0.05) is 34.6 Å². The zero-order valence-corrected chi connectivity index (χ0v) is 27.4. The van der Waals surface area contributed by atoms with E-state index >= 15 is 0 Å². The van der Waals surface area contributed by atoms with Gasteiger partial charge in [0.15, 0.2) is 0 Å². The summed E-state index contributed by atoms with van der Waals surface area (Å²) < 4.78 is 29.2. The lowest BCUT2D eigenvalue weighted by atomic mass is 9.44. The molecule has 0 aromatic rings. The van der Waals surface area contributed by atoms with Crippen molar-refractivity contribution in [2.75, 3.05) is 6.61 Å². The predicted molar refractivity (Wildman–Crippen MR) is 158 cm³/mol. The second-order valence-electron chi connectivity index (χ2n) is 15.8. The van der Waals surface area contributed by atoms with Crippen molar-refractivity contribution in [3.05, 3.63) is 0 Å². The van der Waals surface area contributed by atoms with E-state index < -0.39 is 32.2 Å². The monoisotopic (exact) mass is 597 g/mol. The molecule has 7 nitrogen and oxygen atoms in total. The lowest BCUT2D eigenvalue weighted by molar-refractivity contribution is -0.233. The van der Waals surface area contributed by atoms with Crippen molar-refractivity contribution >= 4 is 7.82 Å². The normalized spacial score (nSPS) is 48.3. The Hall–Kier alpha value is -0.0100. The Morgan fingerprint density at radius 3 is 2.44 bits per heavy atom. The molecular formula is C33H58O7P-. The van der Waals surface area contributed by atoms with Gasteiger partial charge in [-0.25, -0.2) is 0 Å². The Morgan fingerprint density at radius 2 is 1.71 bits per heavy atom. The Bertz CT molecular complexity index is 943. The van der Waals surface area contributed by atoms with Crippen LogP contribution in [0.15, 0.2) is 0 Å². The molecule has 0 bridgehead atoms. The summed E-state index contributed by atoms with van der Waals surface area (Å²) in [5.74, 6) is 4.62. The standard InChI is InChI=1S/C33H59O7P/c1-20(2)18-29-31(30(35)22(4)39-29)40-41(36,37)38-17-7-8-21(3)26-11-12-27-25-10-9-23-19-24(34)13-15-32(23,5)28(25)14-16-33(26,27)6/h20-31,34-35H,7-19H2,1-6H3,(H,36,37)/p-1/t21-,22+,23?,24-,25+,26-,27+,28+,29-,30+,31-,32+,33-/m1/s1. The first-order chi connectivity index (χ1) is 19.2. The summed E-state index contributed by atoms with van der Waals surface area (Å²) in [6.45, 7) is 13.4. The molecule has 0 aromatic heterocycles. The van der Waals surface area contributed by atoms with Crippen LogP contribution in [0.2, 0.25) is 0 Å². The van der Waals surface area contributed by atoms with Crippen molar-refractivity contribution in [2.24, 2.45) is 52.3 Å². The summed E-state index contributed by atoms with van der Waals surface area (Å²) in [7, 11) is -4.55. The smallest absolute Gasteiger partial charge is 0.268 e. The third-order valence-corrected chi connectivity index (χ3v) is 14.0. The van der Waals surface area contributed by atoms with Crippen LogP contribution >= 0.6 is 7.82 Å². The molecule has 0 radical (unpaired) electrons. The van der Waals surface area contributed by atoms with Crippen LogP contribution in [0.3, 0.4) is 0 Å². The van der Waals surface area contributed by atoms with Crippen LogP contribution in [0.1, 0.15) is 119 Å². The van der Waals surface area contributed by atoms with Crippen molar-refractivity contribution in [1.82, 2.24) is 0 Å². The fourth-order valence-corrected chi connectivity index (χ4v) is 11.9. The molecule has 0 spiro atoms. The van der Waals surface area contributed by atoms with E-state index in [2.05, 4.69) is 20.8 Å². The van der Waals surface area contributed by atoms with Gasteiger partial charge in [0.1, 0.15) is 12.2 Å². The van der Waals surface area contributed by atoms with E-state index in [-0.39, 0.29) is 12.7 Å². The minimum Gasteiger partial charge on any atom is -0.756 e. The first-order valence-corrected chi connectivity index (χ1v) is 18.4. The van der Waals surface area contributed by atoms with E-state index in [1.54, 1.807) is 6.92 Å². The largest absolute Gasteiger partial charge is 0.756 e. The zero-order chi connectivity index (χ0) is 29.7. The highest BCUT2D eigenvalue weighted by Crippen LogP contribution is 2.68.